The number of nitrogens with zero attached hydrogens (tertiary/aromatic N) is 2. The van der Waals surface area contributed by atoms with E-state index in [-0.39, 0.29) is 16.9 Å². The van der Waals surface area contributed by atoms with Crippen LogP contribution in [0.25, 0.3) is 11.0 Å². The Balaban J connectivity index is 3.00. The van der Waals surface area contributed by atoms with Crippen LogP contribution in [0.2, 0.25) is 0 Å². The lowest BCUT2D eigenvalue weighted by Crippen LogP contribution is -2.16. The fourth-order valence-corrected chi connectivity index (χ4v) is 1.48. The van der Waals surface area contributed by atoms with Crippen LogP contribution >= 0.6 is 0 Å². The van der Waals surface area contributed by atoms with Crippen LogP contribution in [0.4, 0.5) is 5.95 Å². The Bertz CT molecular complexity index is 609. The van der Waals surface area contributed by atoms with E-state index in [9.17, 15) is 9.59 Å². The van der Waals surface area contributed by atoms with Crippen LogP contribution in [0.1, 0.15) is 10.4 Å². The Morgan fingerprint density at radius 3 is 2.87 bits per heavy atom. The standard InChI is InChI=1S/C8H9N5O2/c1-13-2-3(5(9)14)4-6(13)11-8(10)12-7(4)15/h2H,1H3,(H2,9,14)(H3,10,11,12,15). The molecule has 78 valence electrons. The van der Waals surface area contributed by atoms with E-state index >= 15 is 0 Å². The number of H-pyrrole nitrogens is 1. The molecule has 0 aliphatic carbocycles. The molecule has 0 saturated carbocycles. The van der Waals surface area contributed by atoms with Crippen LogP contribution in [-0.4, -0.2) is 20.4 Å². The molecule has 7 nitrogen and oxygen atoms in total. The lowest BCUT2D eigenvalue weighted by molar-refractivity contribution is 0.100. The number of aromatic amines is 1. The third kappa shape index (κ3) is 1.25. The highest BCUT2D eigenvalue weighted by atomic mass is 16.1. The van der Waals surface area contributed by atoms with E-state index in [0.717, 1.165) is 0 Å². The fourth-order valence-electron chi connectivity index (χ4n) is 1.48. The number of aryl methyl sites for hydroxylation is 1. The summed E-state index contributed by atoms with van der Waals surface area (Å²) in [7, 11) is 1.65. The SMILES string of the molecule is Cn1cc(C(N)=O)c2c(=O)[nH]c(N)nc21. The smallest absolute Gasteiger partial charge is 0.262 e. The molecule has 0 saturated heterocycles. The molecule has 5 N–H and O–H groups in total. The number of fused-ring (bicyclic) bond motifs is 1. The topological polar surface area (TPSA) is 120 Å². The van der Waals surface area contributed by atoms with Crippen LogP contribution < -0.4 is 17.0 Å². The lowest BCUT2D eigenvalue weighted by Gasteiger charge is -1.95. The first kappa shape index (κ1) is 9.25. The van der Waals surface area contributed by atoms with Crippen molar-refractivity contribution in [3.05, 3.63) is 22.1 Å². The summed E-state index contributed by atoms with van der Waals surface area (Å²) in [6.45, 7) is 0. The number of nitrogens with two attached hydrogens (primary N) is 2. The molecule has 0 atom stereocenters. The monoisotopic (exact) mass is 207 g/mol. The zero-order valence-electron chi connectivity index (χ0n) is 7.94. The number of nitrogens with one attached hydrogen (secondary N) is 1. The zero-order chi connectivity index (χ0) is 11.2. The molecule has 2 rings (SSSR count). The third-order valence-corrected chi connectivity index (χ3v) is 2.11. The number of primary amides is 1. The molecule has 2 aromatic rings. The number of carbonyl (C=O) groups is 1. The Hall–Kier alpha value is -2.31. The Morgan fingerprint density at radius 1 is 1.60 bits per heavy atom. The lowest BCUT2D eigenvalue weighted by atomic mass is 10.2. The van der Waals surface area contributed by atoms with E-state index in [1.807, 2.05) is 0 Å². The number of amides is 1. The first-order valence-corrected chi connectivity index (χ1v) is 4.15. The predicted molar refractivity (Wildman–Crippen MR) is 54.3 cm³/mol. The van der Waals surface area contributed by atoms with E-state index < -0.39 is 11.5 Å². The first-order chi connectivity index (χ1) is 7.00. The van der Waals surface area contributed by atoms with Crippen molar-refractivity contribution in [1.29, 1.82) is 0 Å². The highest BCUT2D eigenvalue weighted by Gasteiger charge is 2.15. The van der Waals surface area contributed by atoms with Gasteiger partial charge in [0.05, 0.1) is 10.9 Å². The molecule has 0 aromatic carbocycles. The number of hydrogen-bond donors (Lipinski definition) is 3. The number of aromatic nitrogens is 3. The van der Waals surface area contributed by atoms with Crippen molar-refractivity contribution >= 4 is 22.9 Å². The number of rotatable bonds is 1. The summed E-state index contributed by atoms with van der Waals surface area (Å²) in [6, 6.07) is 0. The summed E-state index contributed by atoms with van der Waals surface area (Å²) in [4.78, 5) is 28.8. The molecular weight excluding hydrogens is 198 g/mol. The molecule has 1 amide bonds. The summed E-state index contributed by atoms with van der Waals surface area (Å²) in [5.41, 5.74) is 10.5. The normalized spacial score (nSPS) is 10.7. The second-order valence-corrected chi connectivity index (χ2v) is 3.17. The van der Waals surface area contributed by atoms with Gasteiger partial charge in [0.25, 0.3) is 11.5 Å². The van der Waals surface area contributed by atoms with Crippen LogP contribution in [-0.2, 0) is 7.05 Å². The quantitative estimate of drug-likeness (QED) is 0.552. The molecule has 0 bridgehead atoms. The molecule has 0 radical (unpaired) electrons. The number of carbonyl (C=O) groups excluding carboxylic acids is 1. The maximum absolute atomic E-state index is 11.5. The minimum atomic E-state index is -0.669. The van der Waals surface area contributed by atoms with E-state index in [2.05, 4.69) is 9.97 Å². The minimum absolute atomic E-state index is 0.00437. The van der Waals surface area contributed by atoms with Gasteiger partial charge in [-0.15, -0.1) is 0 Å². The van der Waals surface area contributed by atoms with Crippen molar-refractivity contribution in [3.63, 3.8) is 0 Å². The van der Waals surface area contributed by atoms with Gasteiger partial charge < -0.3 is 16.0 Å². The predicted octanol–water partition coefficient (Wildman–Crippen LogP) is -1.06. The van der Waals surface area contributed by atoms with Crippen LogP contribution in [0, 0.1) is 0 Å². The van der Waals surface area contributed by atoms with Gasteiger partial charge in [0, 0.05) is 13.2 Å². The summed E-state index contributed by atoms with van der Waals surface area (Å²) in [6.07, 6.45) is 1.45. The highest BCUT2D eigenvalue weighted by Crippen LogP contribution is 2.14. The van der Waals surface area contributed by atoms with Gasteiger partial charge in [-0.25, -0.2) is 0 Å². The second kappa shape index (κ2) is 2.84. The van der Waals surface area contributed by atoms with Gasteiger partial charge in [0.2, 0.25) is 5.95 Å². The van der Waals surface area contributed by atoms with Crippen LogP contribution in [0.3, 0.4) is 0 Å². The number of hydrogen-bond acceptors (Lipinski definition) is 4. The molecule has 2 heterocycles. The van der Waals surface area contributed by atoms with Crippen LogP contribution in [0.15, 0.2) is 11.0 Å². The molecule has 0 aliphatic heterocycles. The van der Waals surface area contributed by atoms with Crippen molar-refractivity contribution in [1.82, 2.24) is 14.5 Å². The van der Waals surface area contributed by atoms with Gasteiger partial charge in [-0.1, -0.05) is 0 Å². The molecule has 2 aromatic heterocycles. The van der Waals surface area contributed by atoms with Crippen molar-refractivity contribution in [3.8, 4) is 0 Å². The molecule has 0 unspecified atom stereocenters. The van der Waals surface area contributed by atoms with Crippen molar-refractivity contribution < 1.29 is 4.79 Å². The van der Waals surface area contributed by atoms with Gasteiger partial charge in [-0.05, 0) is 0 Å². The first-order valence-electron chi connectivity index (χ1n) is 4.15. The molecule has 0 aliphatic rings. The molecule has 0 spiro atoms. The van der Waals surface area contributed by atoms with Gasteiger partial charge in [-0.2, -0.15) is 4.98 Å². The summed E-state index contributed by atoms with van der Waals surface area (Å²) in [5, 5.41) is 0.166. The Morgan fingerprint density at radius 2 is 2.27 bits per heavy atom. The van der Waals surface area contributed by atoms with Crippen LogP contribution in [0.5, 0.6) is 0 Å². The number of anilines is 1. The zero-order valence-corrected chi connectivity index (χ0v) is 7.94. The highest BCUT2D eigenvalue weighted by molar-refractivity contribution is 6.05. The molecule has 0 fully saturated rings. The van der Waals surface area contributed by atoms with Crippen molar-refractivity contribution in [2.75, 3.05) is 5.73 Å². The largest absolute Gasteiger partial charge is 0.369 e. The maximum Gasteiger partial charge on any atom is 0.262 e. The maximum atomic E-state index is 11.5. The van der Waals surface area contributed by atoms with E-state index in [4.69, 9.17) is 11.5 Å². The van der Waals surface area contributed by atoms with E-state index in [1.54, 1.807) is 7.05 Å². The minimum Gasteiger partial charge on any atom is -0.369 e. The van der Waals surface area contributed by atoms with Gasteiger partial charge >= 0.3 is 0 Å². The molecular formula is C8H9N5O2. The van der Waals surface area contributed by atoms with Crippen molar-refractivity contribution in [2.24, 2.45) is 12.8 Å². The third-order valence-electron chi connectivity index (χ3n) is 2.11. The van der Waals surface area contributed by atoms with E-state index in [0.29, 0.717) is 5.65 Å². The fraction of sp³-hybridized carbons (Fsp3) is 0.125. The van der Waals surface area contributed by atoms with Gasteiger partial charge in [0.15, 0.2) is 0 Å². The van der Waals surface area contributed by atoms with Crippen molar-refractivity contribution in [2.45, 2.75) is 0 Å². The summed E-state index contributed by atoms with van der Waals surface area (Å²) in [5.74, 6) is -0.664. The Kier molecular flexibility index (Phi) is 1.75. The van der Waals surface area contributed by atoms with Gasteiger partial charge in [-0.3, -0.25) is 14.6 Å². The summed E-state index contributed by atoms with van der Waals surface area (Å²) < 4.78 is 1.53. The van der Waals surface area contributed by atoms with E-state index in [1.165, 1.54) is 10.8 Å². The molecule has 7 heteroatoms. The number of nitrogen functional groups attached to an aromatic ring is 1. The average Bonchev–Trinajstić information content (AvgIpc) is 2.44. The van der Waals surface area contributed by atoms with Gasteiger partial charge in [0.1, 0.15) is 5.65 Å². The summed E-state index contributed by atoms with van der Waals surface area (Å²) >= 11 is 0. The molecule has 15 heavy (non-hydrogen) atoms. The average molecular weight is 207 g/mol. The Labute approximate surface area is 83.7 Å². The second-order valence-electron chi connectivity index (χ2n) is 3.17.